The topological polar surface area (TPSA) is 24.7 Å². The maximum atomic E-state index is 4.79. The molecule has 2 nitrogen and oxygen atoms in total. The highest BCUT2D eigenvalue weighted by atomic mass is 14.8. The Morgan fingerprint density at radius 1 is 1.05 bits per heavy atom. The zero-order valence-corrected chi connectivity index (χ0v) is 10.4. The summed E-state index contributed by atoms with van der Waals surface area (Å²) in [4.78, 5) is 9.14. The van der Waals surface area contributed by atoms with Gasteiger partial charge in [-0.05, 0) is 23.3 Å². The van der Waals surface area contributed by atoms with E-state index in [4.69, 9.17) is 4.99 Å². The third kappa shape index (κ3) is 1.65. The van der Waals surface area contributed by atoms with E-state index in [2.05, 4.69) is 47.5 Å². The van der Waals surface area contributed by atoms with Gasteiger partial charge in [0.05, 0.1) is 11.1 Å². The Balaban J connectivity index is 2.09. The van der Waals surface area contributed by atoms with Gasteiger partial charge in [-0.1, -0.05) is 36.4 Å². The van der Waals surface area contributed by atoms with Gasteiger partial charge in [-0.3, -0.25) is 4.99 Å². The molecule has 1 aliphatic carbocycles. The van der Waals surface area contributed by atoms with Crippen molar-refractivity contribution in [2.24, 2.45) is 9.98 Å². The van der Waals surface area contributed by atoms with Gasteiger partial charge in [0.2, 0.25) is 0 Å². The van der Waals surface area contributed by atoms with Crippen molar-refractivity contribution in [1.82, 2.24) is 0 Å². The lowest BCUT2D eigenvalue weighted by Gasteiger charge is -2.10. The molecule has 0 fully saturated rings. The van der Waals surface area contributed by atoms with Crippen LogP contribution in [0, 0.1) is 0 Å². The molecule has 0 radical (unpaired) electrons. The molecular weight excluding hydrogens is 232 g/mol. The molecule has 1 aromatic carbocycles. The summed E-state index contributed by atoms with van der Waals surface area (Å²) in [5.41, 5.74) is 4.75. The number of nitrogens with zero attached hydrogens (tertiary/aromatic N) is 2. The second-order valence-corrected chi connectivity index (χ2v) is 4.79. The fraction of sp³-hybridized carbons (Fsp3) is 0.0588. The highest BCUT2D eigenvalue weighted by Gasteiger charge is 2.16. The molecule has 2 aliphatic heterocycles. The number of hydrogen-bond acceptors (Lipinski definition) is 2. The third-order valence-corrected chi connectivity index (χ3v) is 3.56. The van der Waals surface area contributed by atoms with Crippen molar-refractivity contribution < 1.29 is 0 Å². The lowest BCUT2D eigenvalue weighted by atomic mass is 9.96. The number of hydrogen-bond donors (Lipinski definition) is 0. The number of para-hydroxylation sites is 1. The van der Waals surface area contributed by atoms with Crippen LogP contribution >= 0.6 is 0 Å². The first-order chi connectivity index (χ1) is 9.42. The quantitative estimate of drug-likeness (QED) is 0.668. The largest absolute Gasteiger partial charge is 0.264 e. The summed E-state index contributed by atoms with van der Waals surface area (Å²) in [6.45, 7) is 0. The number of rotatable bonds is 0. The molecule has 2 heteroatoms. The van der Waals surface area contributed by atoms with E-state index >= 15 is 0 Å². The Bertz CT molecular complexity index is 830. The Morgan fingerprint density at radius 2 is 2.00 bits per heavy atom. The highest BCUT2D eigenvalue weighted by molar-refractivity contribution is 5.84. The molecule has 19 heavy (non-hydrogen) atoms. The summed E-state index contributed by atoms with van der Waals surface area (Å²) in [6, 6.07) is 8.27. The van der Waals surface area contributed by atoms with Gasteiger partial charge >= 0.3 is 0 Å². The molecule has 90 valence electrons. The predicted molar refractivity (Wildman–Crippen MR) is 77.1 cm³/mol. The molecule has 0 saturated heterocycles. The van der Waals surface area contributed by atoms with Crippen LogP contribution in [0.15, 0.2) is 81.6 Å². The summed E-state index contributed by atoms with van der Waals surface area (Å²) >= 11 is 0. The van der Waals surface area contributed by atoms with E-state index in [1.54, 1.807) is 0 Å². The molecule has 0 amide bonds. The van der Waals surface area contributed by atoms with Crippen LogP contribution in [0.3, 0.4) is 0 Å². The van der Waals surface area contributed by atoms with E-state index in [-0.39, 0.29) is 0 Å². The van der Waals surface area contributed by atoms with E-state index in [9.17, 15) is 0 Å². The molecule has 0 N–H and O–H groups in total. The summed E-state index contributed by atoms with van der Waals surface area (Å²) in [5.74, 6) is 0. The van der Waals surface area contributed by atoms with Crippen LogP contribution in [-0.2, 0) is 0 Å². The number of fused-ring (bicyclic) bond motifs is 4. The van der Waals surface area contributed by atoms with Crippen molar-refractivity contribution in [1.29, 1.82) is 0 Å². The smallest absolute Gasteiger partial charge is 0.0752 e. The first-order valence-corrected chi connectivity index (χ1v) is 6.40. The van der Waals surface area contributed by atoms with E-state index in [0.29, 0.717) is 0 Å². The van der Waals surface area contributed by atoms with Crippen molar-refractivity contribution in [2.45, 2.75) is 6.42 Å². The molecular formula is C17H12N2. The summed E-state index contributed by atoms with van der Waals surface area (Å²) < 4.78 is 0. The highest BCUT2D eigenvalue weighted by Crippen LogP contribution is 2.28. The molecule has 0 spiro atoms. The van der Waals surface area contributed by atoms with Gasteiger partial charge < -0.3 is 0 Å². The van der Waals surface area contributed by atoms with Gasteiger partial charge in [-0.2, -0.15) is 0 Å². The molecule has 4 rings (SSSR count). The van der Waals surface area contributed by atoms with Crippen molar-refractivity contribution in [2.75, 3.05) is 0 Å². The van der Waals surface area contributed by atoms with Crippen LogP contribution in [0.1, 0.15) is 6.42 Å². The summed E-state index contributed by atoms with van der Waals surface area (Å²) in [7, 11) is 0. The Hall–Kier alpha value is -2.48. The van der Waals surface area contributed by atoms with Gasteiger partial charge in [-0.25, -0.2) is 4.99 Å². The number of benzene rings is 1. The van der Waals surface area contributed by atoms with Gasteiger partial charge in [-0.15, -0.1) is 0 Å². The van der Waals surface area contributed by atoms with Gasteiger partial charge in [0.1, 0.15) is 0 Å². The van der Waals surface area contributed by atoms with Crippen molar-refractivity contribution in [3.63, 3.8) is 0 Å². The number of allylic oxidation sites excluding steroid dienone is 6. The molecule has 0 unspecified atom stereocenters. The molecule has 0 atom stereocenters. The molecule has 0 aromatic heterocycles. The fourth-order valence-corrected chi connectivity index (χ4v) is 2.65. The van der Waals surface area contributed by atoms with E-state index in [1.807, 2.05) is 18.5 Å². The minimum Gasteiger partial charge on any atom is -0.264 e. The van der Waals surface area contributed by atoms with Crippen molar-refractivity contribution in [3.05, 3.63) is 82.2 Å². The second kappa shape index (κ2) is 4.02. The second-order valence-electron chi connectivity index (χ2n) is 4.79. The first kappa shape index (κ1) is 10.4. The minimum atomic E-state index is 0.901. The molecule has 0 saturated carbocycles. The molecule has 1 aromatic rings. The van der Waals surface area contributed by atoms with Gasteiger partial charge in [0.15, 0.2) is 0 Å². The first-order valence-electron chi connectivity index (χ1n) is 6.40. The summed E-state index contributed by atoms with van der Waals surface area (Å²) in [5, 5.41) is 2.25. The van der Waals surface area contributed by atoms with Crippen molar-refractivity contribution in [3.8, 4) is 0 Å². The molecule has 2 bridgehead atoms. The Kier molecular flexibility index (Phi) is 2.21. The van der Waals surface area contributed by atoms with Crippen LogP contribution in [-0.4, -0.2) is 6.21 Å². The normalized spacial score (nSPS) is 22.9. The standard InChI is InChI=1S/C17H12N2/c1-2-7-16-14(6-1)15-8-9-18-11-12-4-3-5-13(10-12)17(15)19-16/h1-9,11H,10H2/b9-8?,12-11?,15-8?,17-13+,18-9?,18-11?. The monoisotopic (exact) mass is 244 g/mol. The molecule has 3 aliphatic rings. The lowest BCUT2D eigenvalue weighted by molar-refractivity contribution is 1.16. The lowest BCUT2D eigenvalue weighted by Crippen LogP contribution is -2.21. The van der Waals surface area contributed by atoms with Crippen LogP contribution in [0.2, 0.25) is 0 Å². The van der Waals surface area contributed by atoms with E-state index < -0.39 is 0 Å². The molecule has 2 heterocycles. The van der Waals surface area contributed by atoms with E-state index in [0.717, 1.165) is 17.5 Å². The average Bonchev–Trinajstić information content (AvgIpc) is 2.83. The summed E-state index contributed by atoms with van der Waals surface area (Å²) in [6.07, 6.45) is 13.1. The SMILES string of the molecule is C1=C/C2=C3\N=c4ccccc4=C3C=CN=CC(=C1)C2. The Labute approximate surface area is 111 Å². The van der Waals surface area contributed by atoms with Gasteiger partial charge in [0.25, 0.3) is 0 Å². The third-order valence-electron chi connectivity index (χ3n) is 3.56. The fourth-order valence-electron chi connectivity index (χ4n) is 2.65. The van der Waals surface area contributed by atoms with Crippen molar-refractivity contribution >= 4 is 11.8 Å². The Morgan fingerprint density at radius 3 is 3.00 bits per heavy atom. The zero-order chi connectivity index (χ0) is 12.7. The van der Waals surface area contributed by atoms with Crippen LogP contribution < -0.4 is 10.6 Å². The minimum absolute atomic E-state index is 0.901. The predicted octanol–water partition coefficient (Wildman–Crippen LogP) is 2.21. The van der Waals surface area contributed by atoms with Gasteiger partial charge in [0, 0.05) is 29.6 Å². The van der Waals surface area contributed by atoms with Crippen LogP contribution in [0.4, 0.5) is 0 Å². The average molecular weight is 244 g/mol. The van der Waals surface area contributed by atoms with E-state index in [1.165, 1.54) is 21.9 Å². The van der Waals surface area contributed by atoms with Crippen LogP contribution in [0.5, 0.6) is 0 Å². The zero-order valence-electron chi connectivity index (χ0n) is 10.4. The van der Waals surface area contributed by atoms with Crippen LogP contribution in [0.25, 0.3) is 5.57 Å². The number of aliphatic imine (C=N–C) groups is 1. The maximum Gasteiger partial charge on any atom is 0.0752 e. The maximum absolute atomic E-state index is 4.79.